The van der Waals surface area contributed by atoms with E-state index in [1.807, 2.05) is 0 Å². The predicted octanol–water partition coefficient (Wildman–Crippen LogP) is 1.61. The molecule has 3 nitrogen and oxygen atoms in total. The van der Waals surface area contributed by atoms with Crippen molar-refractivity contribution >= 4 is 11.9 Å². The van der Waals surface area contributed by atoms with E-state index < -0.39 is 0 Å². The molecule has 0 spiro atoms. The molecule has 0 saturated carbocycles. The molecule has 0 aromatic heterocycles. The van der Waals surface area contributed by atoms with Crippen LogP contribution in [0.1, 0.15) is 80.5 Å². The smallest absolute Gasteiger partial charge is 1.00 e. The van der Waals surface area contributed by atoms with Gasteiger partial charge in [-0.2, -0.15) is 0 Å². The van der Waals surface area contributed by atoms with E-state index in [2.05, 4.69) is 27.7 Å². The summed E-state index contributed by atoms with van der Waals surface area (Å²) in [4.78, 5) is 24.0. The number of carbonyl (C=O) groups excluding carboxylic acids is 2. The van der Waals surface area contributed by atoms with Crippen molar-refractivity contribution in [1.29, 1.82) is 0 Å². The number of hydrogen-bond acceptors (Lipinski definition) is 3. The van der Waals surface area contributed by atoms with E-state index in [9.17, 15) is 9.59 Å². The molecule has 0 aromatic rings. The van der Waals surface area contributed by atoms with Gasteiger partial charge in [-0.3, -0.25) is 9.59 Å². The van der Waals surface area contributed by atoms with Crippen LogP contribution in [-0.4, -0.2) is 11.9 Å². The van der Waals surface area contributed by atoms with E-state index >= 15 is 0 Å². The standard InChI is InChI=1S/C16H30O3.Na.H/c1-5-9-13(10-6-2)15(17)19-16(18)14(11-7-3)12-8-4;;/h13-14H,5-12H2,1-4H3;;/q;+1;-1. The van der Waals surface area contributed by atoms with Crippen LogP contribution in [0, 0.1) is 11.8 Å². The Morgan fingerprint density at radius 2 is 1.00 bits per heavy atom. The summed E-state index contributed by atoms with van der Waals surface area (Å²) in [5, 5.41) is 0. The molecule has 0 aliphatic carbocycles. The minimum atomic E-state index is -0.314. The van der Waals surface area contributed by atoms with Gasteiger partial charge in [0.25, 0.3) is 0 Å². The van der Waals surface area contributed by atoms with Crippen LogP contribution < -0.4 is 29.6 Å². The fourth-order valence-corrected chi connectivity index (χ4v) is 2.42. The molecule has 114 valence electrons. The number of carbonyl (C=O) groups is 2. The van der Waals surface area contributed by atoms with Gasteiger partial charge in [0.15, 0.2) is 0 Å². The average molecular weight is 294 g/mol. The third-order valence-corrected chi connectivity index (χ3v) is 3.42. The summed E-state index contributed by atoms with van der Waals surface area (Å²) in [6.07, 6.45) is 7.03. The van der Waals surface area contributed by atoms with E-state index in [0.29, 0.717) is 0 Å². The van der Waals surface area contributed by atoms with E-state index in [0.717, 1.165) is 51.4 Å². The molecule has 0 amide bonds. The third kappa shape index (κ3) is 9.15. The molecule has 0 radical (unpaired) electrons. The molecule has 0 bridgehead atoms. The van der Waals surface area contributed by atoms with Gasteiger partial charge in [-0.05, 0) is 25.7 Å². The maximum Gasteiger partial charge on any atom is 1.00 e. The van der Waals surface area contributed by atoms with Crippen molar-refractivity contribution in [3.05, 3.63) is 0 Å². The fourth-order valence-electron chi connectivity index (χ4n) is 2.42. The Kier molecular flexibility index (Phi) is 15.8. The van der Waals surface area contributed by atoms with Gasteiger partial charge in [-0.25, -0.2) is 0 Å². The molecule has 0 N–H and O–H groups in total. The maximum absolute atomic E-state index is 12.0. The largest absolute Gasteiger partial charge is 1.00 e. The first-order valence-corrected chi connectivity index (χ1v) is 7.86. The molecule has 0 aliphatic heterocycles. The van der Waals surface area contributed by atoms with Gasteiger partial charge in [0.2, 0.25) is 0 Å². The van der Waals surface area contributed by atoms with Gasteiger partial charge in [0.1, 0.15) is 0 Å². The first-order chi connectivity index (χ1) is 9.10. The topological polar surface area (TPSA) is 43.4 Å². The van der Waals surface area contributed by atoms with Crippen LogP contribution in [-0.2, 0) is 14.3 Å². The molecule has 0 unspecified atom stereocenters. The fraction of sp³-hybridized carbons (Fsp3) is 0.875. The second-order valence-electron chi connectivity index (χ2n) is 5.29. The molecule has 0 rings (SSSR count). The number of rotatable bonds is 10. The molecular weight excluding hydrogens is 263 g/mol. The van der Waals surface area contributed by atoms with Gasteiger partial charge in [0, 0.05) is 0 Å². The summed E-state index contributed by atoms with van der Waals surface area (Å²) >= 11 is 0. The van der Waals surface area contributed by atoms with Gasteiger partial charge in [-0.1, -0.05) is 53.4 Å². The van der Waals surface area contributed by atoms with Crippen molar-refractivity contribution in [2.45, 2.75) is 79.1 Å². The molecule has 0 fully saturated rings. The number of esters is 2. The maximum atomic E-state index is 12.0. The van der Waals surface area contributed by atoms with Crippen LogP contribution in [0.2, 0.25) is 0 Å². The molecule has 0 heterocycles. The summed E-state index contributed by atoms with van der Waals surface area (Å²) in [5.41, 5.74) is 0. The van der Waals surface area contributed by atoms with E-state index in [1.54, 1.807) is 0 Å². The average Bonchev–Trinajstić information content (AvgIpc) is 2.38. The molecule has 0 aliphatic rings. The minimum Gasteiger partial charge on any atom is -1.00 e. The van der Waals surface area contributed by atoms with E-state index in [1.165, 1.54) is 0 Å². The molecule has 20 heavy (non-hydrogen) atoms. The van der Waals surface area contributed by atoms with Crippen LogP contribution in [0.5, 0.6) is 0 Å². The SMILES string of the molecule is CCCC(CCC)C(=O)OC(=O)C(CCC)CCC.[H-].[Na+]. The van der Waals surface area contributed by atoms with Crippen LogP contribution in [0.15, 0.2) is 0 Å². The Balaban J connectivity index is -0.00000162. The zero-order valence-corrected chi connectivity index (χ0v) is 16.0. The van der Waals surface area contributed by atoms with E-state index in [4.69, 9.17) is 4.74 Å². The third-order valence-electron chi connectivity index (χ3n) is 3.42. The molecule has 0 aromatic carbocycles. The number of hydrogen-bond donors (Lipinski definition) is 0. The van der Waals surface area contributed by atoms with Crippen molar-refractivity contribution < 1.29 is 45.3 Å². The summed E-state index contributed by atoms with van der Waals surface area (Å²) in [6.45, 7) is 8.20. The van der Waals surface area contributed by atoms with Gasteiger partial charge >= 0.3 is 41.5 Å². The first-order valence-electron chi connectivity index (χ1n) is 7.86. The zero-order valence-electron chi connectivity index (χ0n) is 15.0. The summed E-state index contributed by atoms with van der Waals surface area (Å²) < 4.78 is 5.11. The van der Waals surface area contributed by atoms with E-state index in [-0.39, 0.29) is 54.8 Å². The normalized spacial score (nSPS) is 10.5. The summed E-state index contributed by atoms with van der Waals surface area (Å²) in [5.74, 6) is -0.845. The monoisotopic (exact) mass is 294 g/mol. The second kappa shape index (κ2) is 14.1. The predicted molar refractivity (Wildman–Crippen MR) is 78.8 cm³/mol. The Labute approximate surface area is 148 Å². The van der Waals surface area contributed by atoms with Crippen molar-refractivity contribution in [2.75, 3.05) is 0 Å². The van der Waals surface area contributed by atoms with Crippen molar-refractivity contribution in [1.82, 2.24) is 0 Å². The van der Waals surface area contributed by atoms with Crippen molar-refractivity contribution in [3.8, 4) is 0 Å². The van der Waals surface area contributed by atoms with Crippen LogP contribution in [0.4, 0.5) is 0 Å². The minimum absolute atomic E-state index is 0. The van der Waals surface area contributed by atoms with Crippen LogP contribution in [0.25, 0.3) is 0 Å². The Morgan fingerprint density at radius 3 is 1.20 bits per heavy atom. The Hall–Kier alpha value is 0.140. The molecule has 0 atom stereocenters. The second-order valence-corrected chi connectivity index (χ2v) is 5.29. The Morgan fingerprint density at radius 1 is 0.750 bits per heavy atom. The first kappa shape index (κ1) is 22.4. The molecular formula is C16H31NaO3. The molecule has 0 saturated heterocycles. The van der Waals surface area contributed by atoms with Crippen LogP contribution >= 0.6 is 0 Å². The van der Waals surface area contributed by atoms with Gasteiger partial charge in [-0.15, -0.1) is 0 Å². The number of ether oxygens (including phenoxy) is 1. The van der Waals surface area contributed by atoms with Crippen molar-refractivity contribution in [3.63, 3.8) is 0 Å². The van der Waals surface area contributed by atoms with Crippen molar-refractivity contribution in [2.24, 2.45) is 11.8 Å². The molecule has 4 heteroatoms. The zero-order chi connectivity index (χ0) is 14.7. The summed E-state index contributed by atoms with van der Waals surface area (Å²) in [6, 6.07) is 0. The van der Waals surface area contributed by atoms with Gasteiger partial charge < -0.3 is 6.16 Å². The van der Waals surface area contributed by atoms with Gasteiger partial charge in [0.05, 0.1) is 11.8 Å². The quantitative estimate of drug-likeness (QED) is 0.349. The Bertz CT molecular complexity index is 234. The van der Waals surface area contributed by atoms with Crippen LogP contribution in [0.3, 0.4) is 0 Å². The summed E-state index contributed by atoms with van der Waals surface area (Å²) in [7, 11) is 0.